The second-order valence-electron chi connectivity index (χ2n) is 6.04. The first-order chi connectivity index (χ1) is 10.9. The molecule has 0 bridgehead atoms. The largest absolute Gasteiger partial charge is 0.393 e. The van der Waals surface area contributed by atoms with Crippen LogP contribution in [0.15, 0.2) is 30.3 Å². The van der Waals surface area contributed by atoms with Gasteiger partial charge < -0.3 is 16.6 Å². The summed E-state index contributed by atoms with van der Waals surface area (Å²) in [5.74, 6) is -1.57. The van der Waals surface area contributed by atoms with E-state index in [2.05, 4.69) is 0 Å². The summed E-state index contributed by atoms with van der Waals surface area (Å²) in [6, 6.07) is 10.0. The Hall–Kier alpha value is -1.88. The quantitative estimate of drug-likeness (QED) is 0.576. The number of aliphatic hydroxyl groups is 1. The first-order valence-corrected chi connectivity index (χ1v) is 8.04. The van der Waals surface area contributed by atoms with Gasteiger partial charge in [0.2, 0.25) is 11.8 Å². The SMILES string of the molecule is CC(CC[C@H](C[C@@H](O)[CH]CCc1ccccc1)C(N)=O)C(N)=O. The van der Waals surface area contributed by atoms with Crippen LogP contribution in [0.25, 0.3) is 0 Å². The summed E-state index contributed by atoms with van der Waals surface area (Å²) >= 11 is 0. The van der Waals surface area contributed by atoms with Gasteiger partial charge in [-0.05, 0) is 44.1 Å². The molecule has 0 saturated carbocycles. The van der Waals surface area contributed by atoms with E-state index in [0.29, 0.717) is 12.8 Å². The summed E-state index contributed by atoms with van der Waals surface area (Å²) < 4.78 is 0. The fourth-order valence-corrected chi connectivity index (χ4v) is 2.44. The van der Waals surface area contributed by atoms with E-state index in [1.54, 1.807) is 13.3 Å². The summed E-state index contributed by atoms with van der Waals surface area (Å²) in [5.41, 5.74) is 11.8. The van der Waals surface area contributed by atoms with E-state index in [0.717, 1.165) is 12.8 Å². The second-order valence-corrected chi connectivity index (χ2v) is 6.04. The Balaban J connectivity index is 2.34. The van der Waals surface area contributed by atoms with E-state index in [-0.39, 0.29) is 18.2 Å². The molecular weight excluding hydrogens is 292 g/mol. The molecule has 0 aliphatic heterocycles. The molecule has 1 unspecified atom stereocenters. The molecule has 127 valence electrons. The minimum absolute atomic E-state index is 0.287. The maximum Gasteiger partial charge on any atom is 0.220 e. The zero-order chi connectivity index (χ0) is 17.2. The van der Waals surface area contributed by atoms with Crippen molar-refractivity contribution in [1.82, 2.24) is 0 Å². The monoisotopic (exact) mass is 319 g/mol. The number of primary amides is 2. The van der Waals surface area contributed by atoms with Gasteiger partial charge in [0.25, 0.3) is 0 Å². The molecule has 0 spiro atoms. The number of aliphatic hydroxyl groups excluding tert-OH is 1. The molecular formula is C18H27N2O3. The van der Waals surface area contributed by atoms with Crippen molar-refractivity contribution in [3.63, 3.8) is 0 Å². The molecule has 0 aliphatic rings. The lowest BCUT2D eigenvalue weighted by atomic mass is 9.90. The van der Waals surface area contributed by atoms with E-state index >= 15 is 0 Å². The maximum atomic E-state index is 11.5. The predicted molar refractivity (Wildman–Crippen MR) is 90.0 cm³/mol. The van der Waals surface area contributed by atoms with Crippen LogP contribution in [0.3, 0.4) is 0 Å². The van der Waals surface area contributed by atoms with Crippen molar-refractivity contribution in [2.75, 3.05) is 0 Å². The highest BCUT2D eigenvalue weighted by molar-refractivity contribution is 5.77. The highest BCUT2D eigenvalue weighted by Crippen LogP contribution is 2.19. The number of benzene rings is 1. The van der Waals surface area contributed by atoms with Crippen molar-refractivity contribution in [3.8, 4) is 0 Å². The van der Waals surface area contributed by atoms with E-state index < -0.39 is 17.9 Å². The van der Waals surface area contributed by atoms with E-state index in [4.69, 9.17) is 11.5 Å². The number of carbonyl (C=O) groups excluding carboxylic acids is 2. The molecule has 1 aromatic carbocycles. The first kappa shape index (κ1) is 19.2. The van der Waals surface area contributed by atoms with E-state index in [1.807, 2.05) is 30.3 Å². The summed E-state index contributed by atoms with van der Waals surface area (Å²) in [7, 11) is 0. The molecule has 23 heavy (non-hydrogen) atoms. The van der Waals surface area contributed by atoms with Gasteiger partial charge in [0.1, 0.15) is 0 Å². The molecule has 0 aromatic heterocycles. The van der Waals surface area contributed by atoms with Crippen LogP contribution in [0.5, 0.6) is 0 Å². The minimum atomic E-state index is -0.680. The summed E-state index contributed by atoms with van der Waals surface area (Å²) in [6.07, 6.45) is 3.95. The van der Waals surface area contributed by atoms with Crippen molar-refractivity contribution < 1.29 is 14.7 Å². The van der Waals surface area contributed by atoms with Crippen LogP contribution in [-0.2, 0) is 16.0 Å². The van der Waals surface area contributed by atoms with Crippen LogP contribution in [0, 0.1) is 18.3 Å². The number of aryl methyl sites for hydroxylation is 1. The number of carbonyl (C=O) groups is 2. The van der Waals surface area contributed by atoms with Gasteiger partial charge in [-0.25, -0.2) is 0 Å². The van der Waals surface area contributed by atoms with Crippen molar-refractivity contribution in [3.05, 3.63) is 42.3 Å². The molecule has 2 amide bonds. The average molecular weight is 319 g/mol. The molecule has 3 atom stereocenters. The van der Waals surface area contributed by atoms with Crippen LogP contribution >= 0.6 is 0 Å². The van der Waals surface area contributed by atoms with Crippen LogP contribution in [0.2, 0.25) is 0 Å². The molecule has 5 nitrogen and oxygen atoms in total. The van der Waals surface area contributed by atoms with Crippen LogP contribution < -0.4 is 11.5 Å². The number of amides is 2. The van der Waals surface area contributed by atoms with Crippen molar-refractivity contribution in [1.29, 1.82) is 0 Å². The first-order valence-electron chi connectivity index (χ1n) is 8.04. The van der Waals surface area contributed by atoms with Gasteiger partial charge in [-0.15, -0.1) is 0 Å². The normalized spacial score (nSPS) is 14.9. The van der Waals surface area contributed by atoms with Crippen LogP contribution in [0.1, 0.15) is 38.2 Å². The minimum Gasteiger partial charge on any atom is -0.393 e. The lowest BCUT2D eigenvalue weighted by Gasteiger charge is -2.18. The van der Waals surface area contributed by atoms with Crippen molar-refractivity contribution >= 4 is 11.8 Å². The summed E-state index contributed by atoms with van der Waals surface area (Å²) in [6.45, 7) is 1.73. The van der Waals surface area contributed by atoms with Gasteiger partial charge in [-0.1, -0.05) is 37.3 Å². The average Bonchev–Trinajstić information content (AvgIpc) is 2.51. The fourth-order valence-electron chi connectivity index (χ4n) is 2.44. The predicted octanol–water partition coefficient (Wildman–Crippen LogP) is 1.58. The molecule has 0 aliphatic carbocycles. The second kappa shape index (κ2) is 10.0. The molecule has 5 N–H and O–H groups in total. The Labute approximate surface area is 138 Å². The van der Waals surface area contributed by atoms with Crippen molar-refractivity contribution in [2.24, 2.45) is 23.3 Å². The molecule has 5 heteroatoms. The molecule has 1 rings (SSSR count). The smallest absolute Gasteiger partial charge is 0.220 e. The molecule has 1 radical (unpaired) electrons. The number of hydrogen-bond donors (Lipinski definition) is 3. The third-order valence-electron chi connectivity index (χ3n) is 4.08. The van der Waals surface area contributed by atoms with Gasteiger partial charge in [0.15, 0.2) is 0 Å². The van der Waals surface area contributed by atoms with E-state index in [9.17, 15) is 14.7 Å². The topological polar surface area (TPSA) is 106 Å². The molecule has 0 saturated heterocycles. The highest BCUT2D eigenvalue weighted by atomic mass is 16.3. The van der Waals surface area contributed by atoms with Gasteiger partial charge in [-0.3, -0.25) is 9.59 Å². The zero-order valence-corrected chi connectivity index (χ0v) is 13.7. The van der Waals surface area contributed by atoms with Crippen LogP contribution in [0.4, 0.5) is 0 Å². The molecule has 1 aromatic rings. The van der Waals surface area contributed by atoms with Gasteiger partial charge in [-0.2, -0.15) is 0 Å². The third-order valence-corrected chi connectivity index (χ3v) is 4.08. The maximum absolute atomic E-state index is 11.5. The zero-order valence-electron chi connectivity index (χ0n) is 13.7. The third kappa shape index (κ3) is 7.79. The number of nitrogens with two attached hydrogens (primary N) is 2. The Morgan fingerprint density at radius 2 is 1.78 bits per heavy atom. The van der Waals surface area contributed by atoms with Crippen molar-refractivity contribution in [2.45, 2.75) is 45.1 Å². The Morgan fingerprint density at radius 1 is 1.13 bits per heavy atom. The standard InChI is InChI=1S/C18H27N2O3/c1-13(17(19)22)10-11-15(18(20)23)12-16(21)9-5-8-14-6-3-2-4-7-14/h2-4,6-7,9,13,15-16,21H,5,8,10-12H2,1H3,(H2,19,22)(H2,20,23)/t13?,15-,16+/m1/s1. The van der Waals surface area contributed by atoms with Gasteiger partial charge in [0.05, 0.1) is 6.10 Å². The van der Waals surface area contributed by atoms with E-state index in [1.165, 1.54) is 5.56 Å². The van der Waals surface area contributed by atoms with Gasteiger partial charge in [0, 0.05) is 11.8 Å². The lowest BCUT2D eigenvalue weighted by molar-refractivity contribution is -0.124. The summed E-state index contributed by atoms with van der Waals surface area (Å²) in [4.78, 5) is 22.5. The highest BCUT2D eigenvalue weighted by Gasteiger charge is 2.21. The van der Waals surface area contributed by atoms with Gasteiger partial charge >= 0.3 is 0 Å². The molecule has 0 fully saturated rings. The Bertz CT molecular complexity index is 490. The Morgan fingerprint density at radius 3 is 2.35 bits per heavy atom. The summed E-state index contributed by atoms with van der Waals surface area (Å²) in [5, 5.41) is 10.1. The Kier molecular flexibility index (Phi) is 8.33. The number of rotatable bonds is 11. The molecule has 0 heterocycles. The lowest BCUT2D eigenvalue weighted by Crippen LogP contribution is -2.29. The van der Waals surface area contributed by atoms with Crippen LogP contribution in [-0.4, -0.2) is 23.0 Å². The fraction of sp³-hybridized carbons (Fsp3) is 0.500. The number of hydrogen-bond acceptors (Lipinski definition) is 3.